The molecule has 1 aliphatic heterocycles. The van der Waals surface area contributed by atoms with Gasteiger partial charge in [0.25, 0.3) is 0 Å². The van der Waals surface area contributed by atoms with Gasteiger partial charge in [0, 0.05) is 12.2 Å². The maximum atomic E-state index is 5.31. The number of hydrogen-bond acceptors (Lipinski definition) is 1. The summed E-state index contributed by atoms with van der Waals surface area (Å²) in [5, 5.41) is 0. The Morgan fingerprint density at radius 1 is 1.54 bits per heavy atom. The van der Waals surface area contributed by atoms with E-state index in [4.69, 9.17) is 6.42 Å². The summed E-state index contributed by atoms with van der Waals surface area (Å²) < 4.78 is 0. The van der Waals surface area contributed by atoms with Crippen molar-refractivity contribution in [2.45, 2.75) is 13.3 Å². The molecule has 0 amide bonds. The van der Waals surface area contributed by atoms with Crippen molar-refractivity contribution in [1.29, 1.82) is 0 Å². The summed E-state index contributed by atoms with van der Waals surface area (Å²) >= 11 is 0. The van der Waals surface area contributed by atoms with Gasteiger partial charge in [0.05, 0.1) is 6.54 Å². The van der Waals surface area contributed by atoms with Gasteiger partial charge < -0.3 is 4.90 Å². The van der Waals surface area contributed by atoms with Gasteiger partial charge in [-0.05, 0) is 30.5 Å². The van der Waals surface area contributed by atoms with Crippen molar-refractivity contribution in [2.24, 2.45) is 0 Å². The van der Waals surface area contributed by atoms with E-state index in [1.807, 2.05) is 0 Å². The molecule has 1 heterocycles. The van der Waals surface area contributed by atoms with E-state index in [1.165, 1.54) is 16.8 Å². The average Bonchev–Trinajstić information content (AvgIpc) is 2.49. The zero-order valence-corrected chi connectivity index (χ0v) is 7.88. The van der Waals surface area contributed by atoms with Crippen LogP contribution in [0.5, 0.6) is 0 Å². The summed E-state index contributed by atoms with van der Waals surface area (Å²) in [6.07, 6.45) is 6.45. The minimum atomic E-state index is 0.733. The SMILES string of the molecule is C#CCN1CCc2ccc(C)cc21. The average molecular weight is 171 g/mol. The third-order valence-corrected chi connectivity index (χ3v) is 2.51. The molecule has 1 nitrogen and oxygen atoms in total. The van der Waals surface area contributed by atoms with Crippen LogP contribution in [0.1, 0.15) is 11.1 Å². The molecule has 1 aliphatic rings. The molecule has 0 spiro atoms. The van der Waals surface area contributed by atoms with Gasteiger partial charge >= 0.3 is 0 Å². The highest BCUT2D eigenvalue weighted by Gasteiger charge is 2.17. The number of fused-ring (bicyclic) bond motifs is 1. The molecule has 0 radical (unpaired) electrons. The number of terminal acetylenes is 1. The van der Waals surface area contributed by atoms with E-state index in [2.05, 4.69) is 35.9 Å². The van der Waals surface area contributed by atoms with Crippen molar-refractivity contribution in [3.63, 3.8) is 0 Å². The van der Waals surface area contributed by atoms with Gasteiger partial charge in [0.15, 0.2) is 0 Å². The van der Waals surface area contributed by atoms with Crippen molar-refractivity contribution in [3.05, 3.63) is 29.3 Å². The van der Waals surface area contributed by atoms with E-state index in [0.717, 1.165) is 19.5 Å². The first-order valence-corrected chi connectivity index (χ1v) is 4.59. The molecule has 2 rings (SSSR count). The molecular formula is C12H13N. The van der Waals surface area contributed by atoms with Crippen LogP contribution in [0.4, 0.5) is 5.69 Å². The van der Waals surface area contributed by atoms with E-state index in [9.17, 15) is 0 Å². The predicted molar refractivity (Wildman–Crippen MR) is 55.9 cm³/mol. The van der Waals surface area contributed by atoms with Crippen LogP contribution in [0.3, 0.4) is 0 Å². The largest absolute Gasteiger partial charge is 0.360 e. The van der Waals surface area contributed by atoms with Crippen LogP contribution in [0, 0.1) is 19.3 Å². The van der Waals surface area contributed by atoms with Crippen LogP contribution >= 0.6 is 0 Å². The Bertz CT molecular complexity index is 360. The normalized spacial score (nSPS) is 14.0. The van der Waals surface area contributed by atoms with Crippen LogP contribution in [0.2, 0.25) is 0 Å². The maximum Gasteiger partial charge on any atom is 0.0791 e. The number of benzene rings is 1. The van der Waals surface area contributed by atoms with Crippen molar-refractivity contribution >= 4 is 5.69 Å². The first-order chi connectivity index (χ1) is 6.31. The Labute approximate surface area is 79.4 Å². The number of rotatable bonds is 1. The molecule has 13 heavy (non-hydrogen) atoms. The third-order valence-electron chi connectivity index (χ3n) is 2.51. The minimum Gasteiger partial charge on any atom is -0.360 e. The van der Waals surface area contributed by atoms with Gasteiger partial charge in [-0.25, -0.2) is 0 Å². The molecule has 0 saturated heterocycles. The van der Waals surface area contributed by atoms with Gasteiger partial charge in [0.1, 0.15) is 0 Å². The van der Waals surface area contributed by atoms with E-state index in [0.29, 0.717) is 0 Å². The van der Waals surface area contributed by atoms with Crippen molar-refractivity contribution in [2.75, 3.05) is 18.0 Å². The fourth-order valence-electron chi connectivity index (χ4n) is 1.83. The molecule has 66 valence electrons. The van der Waals surface area contributed by atoms with E-state index >= 15 is 0 Å². The Morgan fingerprint density at radius 3 is 3.15 bits per heavy atom. The van der Waals surface area contributed by atoms with Crippen LogP contribution in [-0.2, 0) is 6.42 Å². The lowest BCUT2D eigenvalue weighted by molar-refractivity contribution is 0.914. The second-order valence-electron chi connectivity index (χ2n) is 3.51. The second-order valence-corrected chi connectivity index (χ2v) is 3.51. The zero-order valence-electron chi connectivity index (χ0n) is 7.88. The highest BCUT2D eigenvalue weighted by atomic mass is 15.1. The van der Waals surface area contributed by atoms with Gasteiger partial charge in [-0.1, -0.05) is 18.1 Å². The first-order valence-electron chi connectivity index (χ1n) is 4.59. The maximum absolute atomic E-state index is 5.31. The van der Waals surface area contributed by atoms with Crippen LogP contribution in [0.25, 0.3) is 0 Å². The van der Waals surface area contributed by atoms with E-state index in [1.54, 1.807) is 0 Å². The van der Waals surface area contributed by atoms with Gasteiger partial charge in [-0.2, -0.15) is 0 Å². The molecular weight excluding hydrogens is 158 g/mol. The Hall–Kier alpha value is -1.42. The third kappa shape index (κ3) is 1.40. The highest BCUT2D eigenvalue weighted by Crippen LogP contribution is 2.28. The molecule has 0 N–H and O–H groups in total. The Morgan fingerprint density at radius 2 is 2.38 bits per heavy atom. The summed E-state index contributed by atoms with van der Waals surface area (Å²) in [6, 6.07) is 6.60. The van der Waals surface area contributed by atoms with Crippen molar-refractivity contribution < 1.29 is 0 Å². The van der Waals surface area contributed by atoms with Crippen molar-refractivity contribution in [1.82, 2.24) is 0 Å². The first kappa shape index (κ1) is 8.19. The summed E-state index contributed by atoms with van der Waals surface area (Å²) in [4.78, 5) is 2.27. The lowest BCUT2D eigenvalue weighted by Gasteiger charge is -2.15. The van der Waals surface area contributed by atoms with Crippen molar-refractivity contribution in [3.8, 4) is 12.3 Å². The van der Waals surface area contributed by atoms with E-state index < -0.39 is 0 Å². The summed E-state index contributed by atoms with van der Waals surface area (Å²) in [6.45, 7) is 3.92. The molecule has 0 aromatic heterocycles. The number of hydrogen-bond donors (Lipinski definition) is 0. The van der Waals surface area contributed by atoms with Gasteiger partial charge in [0.2, 0.25) is 0 Å². The summed E-state index contributed by atoms with van der Waals surface area (Å²) in [7, 11) is 0. The lowest BCUT2D eigenvalue weighted by atomic mass is 10.1. The fourth-order valence-corrected chi connectivity index (χ4v) is 1.83. The molecule has 0 bridgehead atoms. The Kier molecular flexibility index (Phi) is 1.98. The molecule has 1 aromatic carbocycles. The molecule has 0 atom stereocenters. The second kappa shape index (κ2) is 3.14. The van der Waals surface area contributed by atoms with Gasteiger partial charge in [-0.15, -0.1) is 6.42 Å². The zero-order chi connectivity index (χ0) is 9.26. The molecule has 1 aromatic rings. The molecule has 0 fully saturated rings. The number of anilines is 1. The number of aryl methyl sites for hydroxylation is 1. The summed E-state index contributed by atoms with van der Waals surface area (Å²) in [5.74, 6) is 2.70. The smallest absolute Gasteiger partial charge is 0.0791 e. The quantitative estimate of drug-likeness (QED) is 0.584. The predicted octanol–water partition coefficient (Wildman–Crippen LogP) is 1.99. The van der Waals surface area contributed by atoms with Gasteiger partial charge in [-0.3, -0.25) is 0 Å². The molecule has 0 unspecified atom stereocenters. The summed E-state index contributed by atoms with van der Waals surface area (Å²) in [5.41, 5.74) is 4.07. The van der Waals surface area contributed by atoms with Crippen LogP contribution < -0.4 is 4.90 Å². The van der Waals surface area contributed by atoms with Crippen LogP contribution in [0.15, 0.2) is 18.2 Å². The topological polar surface area (TPSA) is 3.24 Å². The Balaban J connectivity index is 2.36. The molecule has 0 saturated carbocycles. The monoisotopic (exact) mass is 171 g/mol. The lowest BCUT2D eigenvalue weighted by Crippen LogP contribution is -2.20. The van der Waals surface area contributed by atoms with Crippen LogP contribution in [-0.4, -0.2) is 13.1 Å². The minimum absolute atomic E-state index is 0.733. The highest BCUT2D eigenvalue weighted by molar-refractivity contribution is 5.60. The fraction of sp³-hybridized carbons (Fsp3) is 0.333. The standard InChI is InChI=1S/C12H13N/c1-3-7-13-8-6-11-5-4-10(2)9-12(11)13/h1,4-5,9H,6-8H2,2H3. The molecule has 1 heteroatoms. The number of nitrogens with zero attached hydrogens (tertiary/aromatic N) is 1. The van der Waals surface area contributed by atoms with E-state index in [-0.39, 0.29) is 0 Å². The molecule has 0 aliphatic carbocycles.